The number of aliphatic hydroxyl groups is 1. The second-order valence-electron chi connectivity index (χ2n) is 5.55. The van der Waals surface area contributed by atoms with Crippen LogP contribution in [0, 0.1) is 11.6 Å². The molecular formula is C17H19F2NO. The maximum atomic E-state index is 13.6. The molecule has 0 saturated carbocycles. The maximum Gasteiger partial charge on any atom is 0.129 e. The van der Waals surface area contributed by atoms with Crippen molar-refractivity contribution in [3.63, 3.8) is 0 Å². The largest absolute Gasteiger partial charge is 0.387 e. The molecule has 1 atom stereocenters. The van der Waals surface area contributed by atoms with Crippen LogP contribution in [-0.2, 0) is 5.54 Å². The van der Waals surface area contributed by atoms with Crippen molar-refractivity contribution in [2.45, 2.75) is 25.5 Å². The number of rotatable bonds is 5. The molecule has 112 valence electrons. The Hall–Kier alpha value is -1.78. The first-order valence-corrected chi connectivity index (χ1v) is 6.84. The van der Waals surface area contributed by atoms with Gasteiger partial charge in [-0.2, -0.15) is 0 Å². The summed E-state index contributed by atoms with van der Waals surface area (Å²) in [4.78, 5) is 0. The average molecular weight is 291 g/mol. The molecule has 1 unspecified atom stereocenters. The summed E-state index contributed by atoms with van der Waals surface area (Å²) >= 11 is 0. The minimum Gasteiger partial charge on any atom is -0.387 e. The Morgan fingerprint density at radius 3 is 2.48 bits per heavy atom. The van der Waals surface area contributed by atoms with E-state index in [1.807, 2.05) is 19.9 Å². The van der Waals surface area contributed by atoms with E-state index in [9.17, 15) is 13.9 Å². The molecule has 2 rings (SSSR count). The molecule has 0 fully saturated rings. The number of hydrogen-bond donors (Lipinski definition) is 2. The highest BCUT2D eigenvalue weighted by atomic mass is 19.1. The third-order valence-corrected chi connectivity index (χ3v) is 3.55. The lowest BCUT2D eigenvalue weighted by Crippen LogP contribution is -2.39. The second kappa shape index (κ2) is 6.33. The monoisotopic (exact) mass is 291 g/mol. The molecule has 0 aliphatic carbocycles. The number of benzene rings is 2. The predicted octanol–water partition coefficient (Wildman–Crippen LogP) is 3.52. The summed E-state index contributed by atoms with van der Waals surface area (Å²) in [6, 6.07) is 12.4. The summed E-state index contributed by atoms with van der Waals surface area (Å²) in [5, 5.41) is 13.2. The summed E-state index contributed by atoms with van der Waals surface area (Å²) in [6.45, 7) is 3.94. The lowest BCUT2D eigenvalue weighted by molar-refractivity contribution is 0.156. The van der Waals surface area contributed by atoms with Crippen molar-refractivity contribution >= 4 is 0 Å². The van der Waals surface area contributed by atoms with Crippen LogP contribution in [0.25, 0.3) is 0 Å². The van der Waals surface area contributed by atoms with E-state index in [2.05, 4.69) is 5.32 Å². The van der Waals surface area contributed by atoms with E-state index in [4.69, 9.17) is 0 Å². The second-order valence-corrected chi connectivity index (χ2v) is 5.55. The highest BCUT2D eigenvalue weighted by molar-refractivity contribution is 5.24. The molecule has 2 aromatic carbocycles. The van der Waals surface area contributed by atoms with Crippen molar-refractivity contribution in [1.29, 1.82) is 0 Å². The number of halogens is 2. The van der Waals surface area contributed by atoms with Crippen molar-refractivity contribution in [2.24, 2.45) is 0 Å². The van der Waals surface area contributed by atoms with E-state index in [0.717, 1.165) is 5.56 Å². The molecule has 0 aliphatic rings. The molecule has 2 nitrogen and oxygen atoms in total. The summed E-state index contributed by atoms with van der Waals surface area (Å²) in [6.07, 6.45) is -0.959. The standard InChI is InChI=1S/C17H19F2NO/c1-17(2,12-6-5-7-13(18)10-12)20-11-16(21)14-8-3-4-9-15(14)19/h3-10,16,20-21H,11H2,1-2H3. The van der Waals surface area contributed by atoms with Crippen LogP contribution in [0.4, 0.5) is 8.78 Å². The average Bonchev–Trinajstić information content (AvgIpc) is 2.45. The van der Waals surface area contributed by atoms with Crippen molar-refractivity contribution in [3.8, 4) is 0 Å². The van der Waals surface area contributed by atoms with Crippen molar-refractivity contribution in [1.82, 2.24) is 5.32 Å². The van der Waals surface area contributed by atoms with Gasteiger partial charge in [0.25, 0.3) is 0 Å². The van der Waals surface area contributed by atoms with Crippen LogP contribution in [0.1, 0.15) is 31.1 Å². The van der Waals surface area contributed by atoms with E-state index >= 15 is 0 Å². The Kier molecular flexibility index (Phi) is 4.70. The van der Waals surface area contributed by atoms with Crippen molar-refractivity contribution < 1.29 is 13.9 Å². The Bertz CT molecular complexity index is 613. The van der Waals surface area contributed by atoms with E-state index in [1.165, 1.54) is 18.2 Å². The van der Waals surface area contributed by atoms with Gasteiger partial charge in [0.05, 0.1) is 6.10 Å². The van der Waals surface area contributed by atoms with Gasteiger partial charge in [0.2, 0.25) is 0 Å². The van der Waals surface area contributed by atoms with Crippen LogP contribution >= 0.6 is 0 Å². The molecule has 0 amide bonds. The summed E-state index contributed by atoms with van der Waals surface area (Å²) in [7, 11) is 0. The molecule has 0 heterocycles. The van der Waals surface area contributed by atoms with Crippen LogP contribution in [0.15, 0.2) is 48.5 Å². The van der Waals surface area contributed by atoms with E-state index in [-0.39, 0.29) is 17.9 Å². The van der Waals surface area contributed by atoms with Crippen LogP contribution in [0.3, 0.4) is 0 Å². The van der Waals surface area contributed by atoms with Crippen molar-refractivity contribution in [2.75, 3.05) is 6.54 Å². The van der Waals surface area contributed by atoms with E-state index in [0.29, 0.717) is 0 Å². The van der Waals surface area contributed by atoms with Crippen LogP contribution in [0.2, 0.25) is 0 Å². The number of nitrogens with one attached hydrogen (secondary N) is 1. The van der Waals surface area contributed by atoms with Gasteiger partial charge < -0.3 is 10.4 Å². The van der Waals surface area contributed by atoms with Gasteiger partial charge >= 0.3 is 0 Å². The fourth-order valence-electron chi connectivity index (χ4n) is 2.19. The summed E-state index contributed by atoms with van der Waals surface area (Å²) in [5.74, 6) is -0.743. The summed E-state index contributed by atoms with van der Waals surface area (Å²) in [5.41, 5.74) is 0.484. The lowest BCUT2D eigenvalue weighted by atomic mass is 9.93. The number of aliphatic hydroxyl groups excluding tert-OH is 1. The number of hydrogen-bond acceptors (Lipinski definition) is 2. The first-order chi connectivity index (χ1) is 9.90. The molecule has 0 radical (unpaired) electrons. The van der Waals surface area contributed by atoms with Gasteiger partial charge in [-0.1, -0.05) is 30.3 Å². The third kappa shape index (κ3) is 3.86. The predicted molar refractivity (Wildman–Crippen MR) is 78.8 cm³/mol. The highest BCUT2D eigenvalue weighted by Crippen LogP contribution is 2.22. The fourth-order valence-corrected chi connectivity index (χ4v) is 2.19. The molecule has 4 heteroatoms. The van der Waals surface area contributed by atoms with E-state index in [1.54, 1.807) is 24.3 Å². The van der Waals surface area contributed by atoms with Gasteiger partial charge in [0.15, 0.2) is 0 Å². The third-order valence-electron chi connectivity index (χ3n) is 3.55. The molecule has 0 saturated heterocycles. The van der Waals surface area contributed by atoms with Crippen LogP contribution in [-0.4, -0.2) is 11.7 Å². The van der Waals surface area contributed by atoms with Gasteiger partial charge in [-0.25, -0.2) is 8.78 Å². The quantitative estimate of drug-likeness (QED) is 0.883. The first-order valence-electron chi connectivity index (χ1n) is 6.84. The molecule has 2 aromatic rings. The Labute approximate surface area is 123 Å². The molecular weight excluding hydrogens is 272 g/mol. The molecule has 2 N–H and O–H groups in total. The molecule has 0 spiro atoms. The van der Waals surface area contributed by atoms with Crippen LogP contribution < -0.4 is 5.32 Å². The van der Waals surface area contributed by atoms with Gasteiger partial charge in [-0.3, -0.25) is 0 Å². The van der Waals surface area contributed by atoms with Crippen LogP contribution in [0.5, 0.6) is 0 Å². The zero-order chi connectivity index (χ0) is 15.5. The zero-order valence-electron chi connectivity index (χ0n) is 12.1. The minimum atomic E-state index is -0.959. The maximum absolute atomic E-state index is 13.6. The smallest absolute Gasteiger partial charge is 0.129 e. The topological polar surface area (TPSA) is 32.3 Å². The molecule has 0 bridgehead atoms. The Morgan fingerprint density at radius 1 is 1.10 bits per heavy atom. The van der Waals surface area contributed by atoms with E-state index < -0.39 is 17.5 Å². The van der Waals surface area contributed by atoms with Gasteiger partial charge in [0, 0.05) is 17.6 Å². The minimum absolute atomic E-state index is 0.171. The SMILES string of the molecule is CC(C)(NCC(O)c1ccccc1F)c1cccc(F)c1. The van der Waals surface area contributed by atoms with Crippen molar-refractivity contribution in [3.05, 3.63) is 71.3 Å². The first kappa shape index (κ1) is 15.6. The Balaban J connectivity index is 2.06. The highest BCUT2D eigenvalue weighted by Gasteiger charge is 2.22. The van der Waals surface area contributed by atoms with Gasteiger partial charge in [0.1, 0.15) is 11.6 Å². The fraction of sp³-hybridized carbons (Fsp3) is 0.294. The molecule has 0 aliphatic heterocycles. The summed E-state index contributed by atoms with van der Waals surface area (Å²) < 4.78 is 26.9. The molecule has 21 heavy (non-hydrogen) atoms. The lowest BCUT2D eigenvalue weighted by Gasteiger charge is -2.28. The van der Waals surface area contributed by atoms with Gasteiger partial charge in [-0.15, -0.1) is 0 Å². The Morgan fingerprint density at radius 2 is 1.81 bits per heavy atom. The molecule has 0 aromatic heterocycles. The normalized spacial score (nSPS) is 13.2. The zero-order valence-corrected chi connectivity index (χ0v) is 12.1. The van der Waals surface area contributed by atoms with Gasteiger partial charge in [-0.05, 0) is 37.6 Å².